The van der Waals surface area contributed by atoms with Crippen molar-refractivity contribution in [3.8, 4) is 5.75 Å². The Morgan fingerprint density at radius 3 is 2.50 bits per heavy atom. The van der Waals surface area contributed by atoms with E-state index in [1.54, 1.807) is 30.3 Å². The number of sulfone groups is 1. The van der Waals surface area contributed by atoms with Gasteiger partial charge in [-0.25, -0.2) is 8.42 Å². The van der Waals surface area contributed by atoms with Gasteiger partial charge < -0.3 is 10.1 Å². The van der Waals surface area contributed by atoms with Gasteiger partial charge in [-0.15, -0.1) is 0 Å². The molecule has 0 aromatic heterocycles. The van der Waals surface area contributed by atoms with Gasteiger partial charge in [-0.3, -0.25) is 4.79 Å². The lowest BCUT2D eigenvalue weighted by Gasteiger charge is -2.13. The Morgan fingerprint density at radius 1 is 0.906 bits per heavy atom. The highest BCUT2D eigenvalue weighted by molar-refractivity contribution is 7.91. The molecule has 3 aromatic carbocycles. The number of aryl methyl sites for hydroxylation is 2. The molecule has 0 fully saturated rings. The van der Waals surface area contributed by atoms with Crippen LogP contribution < -0.4 is 10.1 Å². The Kier molecular flexibility index (Phi) is 6.90. The van der Waals surface area contributed by atoms with Crippen LogP contribution in [0.1, 0.15) is 29.5 Å². The Labute approximate surface area is 189 Å². The number of fused-ring (bicyclic) bond motifs is 1. The summed E-state index contributed by atoms with van der Waals surface area (Å²) in [5.74, 6) is -0.0126. The average molecular weight is 450 g/mol. The number of para-hydroxylation sites is 2. The van der Waals surface area contributed by atoms with Crippen LogP contribution in [0.4, 0.5) is 5.69 Å². The Hall–Kier alpha value is -3.12. The van der Waals surface area contributed by atoms with Crippen molar-refractivity contribution < 1.29 is 17.9 Å². The summed E-state index contributed by atoms with van der Waals surface area (Å²) in [5, 5.41) is 2.80. The first-order chi connectivity index (χ1) is 15.5. The zero-order chi connectivity index (χ0) is 22.4. The molecule has 1 amide bonds. The third-order valence-corrected chi connectivity index (χ3v) is 7.39. The minimum Gasteiger partial charge on any atom is -0.491 e. The maximum absolute atomic E-state index is 12.7. The zero-order valence-corrected chi connectivity index (χ0v) is 18.7. The quantitative estimate of drug-likeness (QED) is 0.518. The number of amides is 1. The maximum Gasteiger partial charge on any atom is 0.225 e. The molecule has 1 aliphatic rings. The van der Waals surface area contributed by atoms with E-state index in [1.165, 1.54) is 11.1 Å². The van der Waals surface area contributed by atoms with E-state index in [1.807, 2.05) is 42.5 Å². The predicted molar refractivity (Wildman–Crippen MR) is 126 cm³/mol. The molecule has 0 atom stereocenters. The van der Waals surface area contributed by atoms with Crippen LogP contribution in [0.25, 0.3) is 0 Å². The number of ether oxygens (including phenoxy) is 1. The van der Waals surface area contributed by atoms with Crippen molar-refractivity contribution in [1.82, 2.24) is 0 Å². The molecule has 6 heteroatoms. The molecule has 0 unspecified atom stereocenters. The summed E-state index contributed by atoms with van der Waals surface area (Å²) in [6, 6.07) is 22.5. The van der Waals surface area contributed by atoms with Crippen molar-refractivity contribution in [3.63, 3.8) is 0 Å². The van der Waals surface area contributed by atoms with Crippen LogP contribution in [-0.2, 0) is 33.9 Å². The summed E-state index contributed by atoms with van der Waals surface area (Å²) < 4.78 is 31.3. The Balaban J connectivity index is 1.33. The van der Waals surface area contributed by atoms with E-state index >= 15 is 0 Å². The number of hydrogen-bond donors (Lipinski definition) is 1. The molecule has 0 heterocycles. The van der Waals surface area contributed by atoms with Gasteiger partial charge in [0.1, 0.15) is 5.75 Å². The number of hydrogen-bond acceptors (Lipinski definition) is 4. The molecule has 0 saturated heterocycles. The lowest BCUT2D eigenvalue weighted by molar-refractivity contribution is -0.115. The summed E-state index contributed by atoms with van der Waals surface area (Å²) in [4.78, 5) is 12.8. The number of nitrogens with one attached hydrogen (secondary N) is 1. The van der Waals surface area contributed by atoms with Gasteiger partial charge >= 0.3 is 0 Å². The van der Waals surface area contributed by atoms with E-state index < -0.39 is 9.84 Å². The van der Waals surface area contributed by atoms with Crippen molar-refractivity contribution in [3.05, 3.63) is 89.5 Å². The first-order valence-corrected chi connectivity index (χ1v) is 12.6. The van der Waals surface area contributed by atoms with E-state index in [0.717, 1.165) is 31.2 Å². The molecule has 0 bridgehead atoms. The Bertz CT molecular complexity index is 1190. The third-order valence-electron chi connectivity index (χ3n) is 5.68. The van der Waals surface area contributed by atoms with Crippen LogP contribution in [0.2, 0.25) is 0 Å². The number of anilines is 1. The van der Waals surface area contributed by atoms with Crippen molar-refractivity contribution in [2.24, 2.45) is 0 Å². The van der Waals surface area contributed by atoms with Crippen molar-refractivity contribution in [1.29, 1.82) is 0 Å². The lowest BCUT2D eigenvalue weighted by atomic mass is 10.1. The first kappa shape index (κ1) is 22.1. The molecular formula is C26H27NO4S. The number of benzene rings is 3. The molecule has 5 nitrogen and oxygen atoms in total. The van der Waals surface area contributed by atoms with Crippen LogP contribution in [0.3, 0.4) is 0 Å². The molecule has 0 saturated carbocycles. The minimum absolute atomic E-state index is 0.113. The second-order valence-corrected chi connectivity index (χ2v) is 10.1. The van der Waals surface area contributed by atoms with E-state index in [2.05, 4.69) is 5.32 Å². The standard InChI is InChI=1S/C26H27NO4S/c28-26(16-18-32(29,30)23-14-13-21-9-6-10-22(21)19-23)27-24-11-4-5-12-25(24)31-17-15-20-7-2-1-3-8-20/h1-5,7-8,11-14,19H,6,9-10,15-18H2,(H,27,28). The molecule has 1 N–H and O–H groups in total. The highest BCUT2D eigenvalue weighted by Gasteiger charge is 2.20. The Morgan fingerprint density at radius 2 is 1.66 bits per heavy atom. The van der Waals surface area contributed by atoms with E-state index in [0.29, 0.717) is 22.9 Å². The van der Waals surface area contributed by atoms with Crippen LogP contribution in [0.5, 0.6) is 5.75 Å². The summed E-state index contributed by atoms with van der Waals surface area (Å²) in [6.07, 6.45) is 3.62. The topological polar surface area (TPSA) is 72.5 Å². The van der Waals surface area contributed by atoms with Gasteiger partial charge in [0.15, 0.2) is 9.84 Å². The first-order valence-electron chi connectivity index (χ1n) is 10.9. The van der Waals surface area contributed by atoms with Crippen molar-refractivity contribution in [2.45, 2.75) is 37.0 Å². The number of carbonyl (C=O) groups excluding carboxylic acids is 1. The van der Waals surface area contributed by atoms with Gasteiger partial charge in [-0.05, 0) is 60.2 Å². The maximum atomic E-state index is 12.7. The average Bonchev–Trinajstić information content (AvgIpc) is 3.28. The largest absolute Gasteiger partial charge is 0.491 e. The van der Waals surface area contributed by atoms with Gasteiger partial charge in [0.25, 0.3) is 0 Å². The molecule has 0 spiro atoms. The van der Waals surface area contributed by atoms with Crippen LogP contribution in [0.15, 0.2) is 77.7 Å². The molecule has 32 heavy (non-hydrogen) atoms. The fourth-order valence-corrected chi connectivity index (χ4v) is 5.21. The third kappa shape index (κ3) is 5.56. The second-order valence-electron chi connectivity index (χ2n) is 7.98. The smallest absolute Gasteiger partial charge is 0.225 e. The lowest BCUT2D eigenvalue weighted by Crippen LogP contribution is -2.18. The highest BCUT2D eigenvalue weighted by Crippen LogP contribution is 2.26. The number of rotatable bonds is 9. The number of carbonyl (C=O) groups is 1. The highest BCUT2D eigenvalue weighted by atomic mass is 32.2. The van der Waals surface area contributed by atoms with E-state index in [9.17, 15) is 13.2 Å². The van der Waals surface area contributed by atoms with Crippen molar-refractivity contribution in [2.75, 3.05) is 17.7 Å². The molecular weight excluding hydrogens is 422 g/mol. The molecule has 4 rings (SSSR count). The fraction of sp³-hybridized carbons (Fsp3) is 0.269. The fourth-order valence-electron chi connectivity index (χ4n) is 3.92. The van der Waals surface area contributed by atoms with Crippen LogP contribution in [0, 0.1) is 0 Å². The van der Waals surface area contributed by atoms with Gasteiger partial charge in [0.2, 0.25) is 5.91 Å². The molecule has 166 valence electrons. The summed E-state index contributed by atoms with van der Waals surface area (Å²) in [6.45, 7) is 0.476. The minimum atomic E-state index is -3.52. The SMILES string of the molecule is O=C(CCS(=O)(=O)c1ccc2c(c1)CCC2)Nc1ccccc1OCCc1ccccc1. The van der Waals surface area contributed by atoms with Crippen molar-refractivity contribution >= 4 is 21.4 Å². The van der Waals surface area contributed by atoms with Crippen LogP contribution >= 0.6 is 0 Å². The molecule has 0 aliphatic heterocycles. The van der Waals surface area contributed by atoms with Gasteiger partial charge in [-0.2, -0.15) is 0 Å². The van der Waals surface area contributed by atoms with E-state index in [4.69, 9.17) is 4.74 Å². The summed E-state index contributed by atoms with van der Waals surface area (Å²) >= 11 is 0. The van der Waals surface area contributed by atoms with Gasteiger partial charge in [0.05, 0.1) is 22.9 Å². The zero-order valence-electron chi connectivity index (χ0n) is 17.9. The monoisotopic (exact) mass is 449 g/mol. The summed E-state index contributed by atoms with van der Waals surface area (Å²) in [5.41, 5.74) is 4.05. The normalized spacial score (nSPS) is 12.9. The van der Waals surface area contributed by atoms with E-state index in [-0.39, 0.29) is 18.1 Å². The van der Waals surface area contributed by atoms with Gasteiger partial charge in [-0.1, -0.05) is 48.5 Å². The van der Waals surface area contributed by atoms with Gasteiger partial charge in [0, 0.05) is 12.8 Å². The second kappa shape index (κ2) is 10.0. The molecule has 1 aliphatic carbocycles. The summed E-state index contributed by atoms with van der Waals surface area (Å²) in [7, 11) is -3.52. The molecule has 3 aromatic rings. The van der Waals surface area contributed by atoms with Crippen LogP contribution in [-0.4, -0.2) is 26.7 Å². The predicted octanol–water partition coefficient (Wildman–Crippen LogP) is 4.60. The molecule has 0 radical (unpaired) electrons.